The molecule has 1 rings (SSSR count). The van der Waals surface area contributed by atoms with E-state index in [0.717, 1.165) is 13.0 Å². The molecule has 0 aliphatic rings. The fraction of sp³-hybridized carbons (Fsp3) is 0.364. The molecule has 0 unspecified atom stereocenters. The van der Waals surface area contributed by atoms with Gasteiger partial charge in [-0.25, -0.2) is 4.39 Å². The van der Waals surface area contributed by atoms with Gasteiger partial charge in [0, 0.05) is 31.5 Å². The van der Waals surface area contributed by atoms with Gasteiger partial charge >= 0.3 is 0 Å². The molecule has 0 spiro atoms. The Morgan fingerprint density at radius 3 is 2.88 bits per heavy atom. The van der Waals surface area contributed by atoms with Crippen molar-refractivity contribution in [3.8, 4) is 0 Å². The summed E-state index contributed by atoms with van der Waals surface area (Å²) in [7, 11) is 1.65. The van der Waals surface area contributed by atoms with Crippen LogP contribution in [-0.4, -0.2) is 25.2 Å². The average molecular weight is 242 g/mol. The molecule has 3 N–H and O–H groups in total. The number of nitrogens with one attached hydrogen (secondary N) is 1. The Hall–Kier alpha value is -1.20. The first-order chi connectivity index (χ1) is 7.65. The number of hydrogen-bond acceptors (Lipinski definition) is 3. The summed E-state index contributed by atoms with van der Waals surface area (Å²) >= 11 is 4.72. The fourth-order valence-electron chi connectivity index (χ4n) is 1.27. The second-order valence-corrected chi connectivity index (χ2v) is 3.77. The van der Waals surface area contributed by atoms with Crippen molar-refractivity contribution in [3.63, 3.8) is 0 Å². The molecule has 5 heteroatoms. The molecule has 1 aromatic rings. The van der Waals surface area contributed by atoms with Crippen molar-refractivity contribution in [2.45, 2.75) is 6.42 Å². The monoisotopic (exact) mass is 242 g/mol. The highest BCUT2D eigenvalue weighted by molar-refractivity contribution is 7.80. The molecule has 0 aromatic heterocycles. The predicted octanol–water partition coefficient (Wildman–Crippen LogP) is 1.91. The molecule has 16 heavy (non-hydrogen) atoms. The van der Waals surface area contributed by atoms with E-state index in [1.807, 2.05) is 0 Å². The summed E-state index contributed by atoms with van der Waals surface area (Å²) < 4.78 is 18.4. The standard InChI is InChI=1S/C11H15FN2OS/c1-15-6-2-5-14-8-3-4-9(11(13)16)10(12)7-8/h3-4,7,14H,2,5-6H2,1H3,(H2,13,16). The number of methoxy groups -OCH3 is 1. The quantitative estimate of drug-likeness (QED) is 0.591. The molecule has 3 nitrogen and oxygen atoms in total. The number of anilines is 1. The fourth-order valence-corrected chi connectivity index (χ4v) is 1.44. The van der Waals surface area contributed by atoms with Crippen molar-refractivity contribution in [2.75, 3.05) is 25.6 Å². The number of nitrogens with two attached hydrogens (primary N) is 1. The molecule has 0 saturated heterocycles. The van der Waals surface area contributed by atoms with E-state index < -0.39 is 5.82 Å². The van der Waals surface area contributed by atoms with Crippen LogP contribution in [0.2, 0.25) is 0 Å². The molecule has 0 aliphatic heterocycles. The van der Waals surface area contributed by atoms with Gasteiger partial charge in [-0.15, -0.1) is 0 Å². The van der Waals surface area contributed by atoms with Crippen molar-refractivity contribution in [1.82, 2.24) is 0 Å². The van der Waals surface area contributed by atoms with Crippen LogP contribution in [0.3, 0.4) is 0 Å². The second kappa shape index (κ2) is 6.40. The van der Waals surface area contributed by atoms with Crippen molar-refractivity contribution in [2.24, 2.45) is 5.73 Å². The van der Waals surface area contributed by atoms with Gasteiger partial charge in [-0.3, -0.25) is 0 Å². The molecular formula is C11H15FN2OS. The number of thiocarbonyl (C=S) groups is 1. The van der Waals surface area contributed by atoms with Gasteiger partial charge in [-0.1, -0.05) is 12.2 Å². The largest absolute Gasteiger partial charge is 0.389 e. The summed E-state index contributed by atoms with van der Waals surface area (Å²) in [6.45, 7) is 1.42. The number of benzene rings is 1. The lowest BCUT2D eigenvalue weighted by Crippen LogP contribution is -2.12. The Morgan fingerprint density at radius 1 is 1.56 bits per heavy atom. The highest BCUT2D eigenvalue weighted by atomic mass is 32.1. The second-order valence-electron chi connectivity index (χ2n) is 3.33. The Bertz CT molecular complexity index is 371. The van der Waals surface area contributed by atoms with Gasteiger partial charge in [0.2, 0.25) is 0 Å². The first kappa shape index (κ1) is 12.9. The number of rotatable bonds is 6. The Labute approximate surface area is 99.8 Å². The van der Waals surface area contributed by atoms with Crippen LogP contribution in [0.1, 0.15) is 12.0 Å². The lowest BCUT2D eigenvalue weighted by atomic mass is 10.2. The molecule has 0 atom stereocenters. The highest BCUT2D eigenvalue weighted by Crippen LogP contribution is 2.14. The third kappa shape index (κ3) is 3.75. The zero-order chi connectivity index (χ0) is 12.0. The highest BCUT2D eigenvalue weighted by Gasteiger charge is 2.05. The Balaban J connectivity index is 2.56. The molecular weight excluding hydrogens is 227 g/mol. The zero-order valence-electron chi connectivity index (χ0n) is 9.13. The van der Waals surface area contributed by atoms with Gasteiger partial charge in [0.1, 0.15) is 10.8 Å². The zero-order valence-corrected chi connectivity index (χ0v) is 9.94. The molecule has 0 aliphatic carbocycles. The molecule has 0 fully saturated rings. The maximum atomic E-state index is 13.4. The van der Waals surface area contributed by atoms with Crippen molar-refractivity contribution in [3.05, 3.63) is 29.6 Å². The van der Waals surface area contributed by atoms with Gasteiger partial charge in [0.25, 0.3) is 0 Å². The van der Waals surface area contributed by atoms with Crippen LogP contribution in [0.25, 0.3) is 0 Å². The van der Waals surface area contributed by atoms with E-state index in [4.69, 9.17) is 22.7 Å². The predicted molar refractivity (Wildman–Crippen MR) is 67.3 cm³/mol. The molecule has 0 radical (unpaired) electrons. The molecule has 88 valence electrons. The lowest BCUT2D eigenvalue weighted by molar-refractivity contribution is 0.198. The summed E-state index contributed by atoms with van der Waals surface area (Å²) in [5, 5.41) is 3.08. The first-order valence-electron chi connectivity index (χ1n) is 4.97. The third-order valence-electron chi connectivity index (χ3n) is 2.09. The van der Waals surface area contributed by atoms with E-state index in [1.165, 1.54) is 6.07 Å². The van der Waals surface area contributed by atoms with E-state index in [2.05, 4.69) is 5.32 Å². The van der Waals surface area contributed by atoms with Gasteiger partial charge in [0.15, 0.2) is 0 Å². The van der Waals surface area contributed by atoms with Crippen LogP contribution in [0, 0.1) is 5.82 Å². The minimum atomic E-state index is -0.399. The van der Waals surface area contributed by atoms with E-state index in [1.54, 1.807) is 19.2 Å². The Kier molecular flexibility index (Phi) is 5.14. The summed E-state index contributed by atoms with van der Waals surface area (Å²) in [6.07, 6.45) is 0.870. The number of ether oxygens (including phenoxy) is 1. The maximum Gasteiger partial charge on any atom is 0.135 e. The Morgan fingerprint density at radius 2 is 2.31 bits per heavy atom. The topological polar surface area (TPSA) is 47.3 Å². The van der Waals surface area contributed by atoms with Crippen molar-refractivity contribution < 1.29 is 9.13 Å². The van der Waals surface area contributed by atoms with Crippen LogP contribution < -0.4 is 11.1 Å². The molecule has 0 bridgehead atoms. The summed E-state index contributed by atoms with van der Waals surface area (Å²) in [6, 6.07) is 4.72. The summed E-state index contributed by atoms with van der Waals surface area (Å²) in [5.74, 6) is -0.399. The summed E-state index contributed by atoms with van der Waals surface area (Å²) in [4.78, 5) is 0.0726. The van der Waals surface area contributed by atoms with Crippen LogP contribution in [-0.2, 0) is 4.74 Å². The number of hydrogen-bond donors (Lipinski definition) is 2. The molecule has 0 amide bonds. The van der Waals surface area contributed by atoms with Crippen LogP contribution in [0.15, 0.2) is 18.2 Å². The van der Waals surface area contributed by atoms with Gasteiger partial charge < -0.3 is 15.8 Å². The van der Waals surface area contributed by atoms with Crippen molar-refractivity contribution >= 4 is 22.9 Å². The van der Waals surface area contributed by atoms with E-state index in [9.17, 15) is 4.39 Å². The minimum absolute atomic E-state index is 0.0726. The smallest absolute Gasteiger partial charge is 0.135 e. The van der Waals surface area contributed by atoms with Gasteiger partial charge in [0.05, 0.1) is 0 Å². The normalized spacial score (nSPS) is 10.1. The number of halogens is 1. The molecule has 1 aromatic carbocycles. The van der Waals surface area contributed by atoms with E-state index >= 15 is 0 Å². The van der Waals surface area contributed by atoms with Gasteiger partial charge in [-0.2, -0.15) is 0 Å². The van der Waals surface area contributed by atoms with Gasteiger partial charge in [-0.05, 0) is 24.6 Å². The third-order valence-corrected chi connectivity index (χ3v) is 2.31. The SMILES string of the molecule is COCCCNc1ccc(C(N)=S)c(F)c1. The van der Waals surface area contributed by atoms with Crippen LogP contribution in [0.5, 0.6) is 0 Å². The minimum Gasteiger partial charge on any atom is -0.389 e. The average Bonchev–Trinajstić information content (AvgIpc) is 2.24. The first-order valence-corrected chi connectivity index (χ1v) is 5.38. The van der Waals surface area contributed by atoms with E-state index in [-0.39, 0.29) is 10.6 Å². The van der Waals surface area contributed by atoms with Crippen LogP contribution in [0.4, 0.5) is 10.1 Å². The van der Waals surface area contributed by atoms with E-state index in [0.29, 0.717) is 12.3 Å². The molecule has 0 saturated carbocycles. The van der Waals surface area contributed by atoms with Crippen LogP contribution >= 0.6 is 12.2 Å². The van der Waals surface area contributed by atoms with Crippen molar-refractivity contribution in [1.29, 1.82) is 0 Å². The maximum absolute atomic E-state index is 13.4. The summed E-state index contributed by atoms with van der Waals surface area (Å²) in [5.41, 5.74) is 6.35. The lowest BCUT2D eigenvalue weighted by Gasteiger charge is -2.07. The molecule has 0 heterocycles.